The lowest BCUT2D eigenvalue weighted by molar-refractivity contribution is 1.31. The smallest absolute Gasteiger partial charge is 0.0231 e. The Hall–Kier alpha value is -2.42. The molecule has 0 saturated heterocycles. The van der Waals surface area contributed by atoms with E-state index in [1.165, 1.54) is 36.3 Å². The van der Waals surface area contributed by atoms with Crippen LogP contribution >= 0.6 is 22.7 Å². The van der Waals surface area contributed by atoms with Crippen LogP contribution in [0.15, 0.2) is 123 Å². The highest BCUT2D eigenvalue weighted by Gasteiger charge is 2.26. The van der Waals surface area contributed by atoms with Gasteiger partial charge >= 0.3 is 0 Å². The van der Waals surface area contributed by atoms with E-state index in [0.717, 1.165) is 5.75 Å². The lowest BCUT2D eigenvalue weighted by Gasteiger charge is -2.19. The van der Waals surface area contributed by atoms with Crippen molar-refractivity contribution >= 4 is 22.7 Å². The predicted molar refractivity (Wildman–Crippen MR) is 118 cm³/mol. The highest BCUT2D eigenvalue weighted by atomic mass is 32.2. The minimum Gasteiger partial charge on any atom is -0.172 e. The monoisotopic (exact) mass is 384 g/mol. The Morgan fingerprint density at radius 1 is 0.556 bits per heavy atom. The Labute approximate surface area is 167 Å². The van der Waals surface area contributed by atoms with Gasteiger partial charge in [0, 0.05) is 20.4 Å². The molecule has 4 aromatic rings. The molecule has 0 N–H and O–H groups in total. The van der Waals surface area contributed by atoms with Crippen LogP contribution in [0.2, 0.25) is 0 Å². The molecule has 2 heteroatoms. The minimum atomic E-state index is -0.447. The van der Waals surface area contributed by atoms with Crippen LogP contribution in [0.4, 0.5) is 0 Å². The molecular weight excluding hydrogens is 364 g/mol. The van der Waals surface area contributed by atoms with Crippen molar-refractivity contribution in [1.82, 2.24) is 0 Å². The quantitative estimate of drug-likeness (QED) is 0.248. The summed E-state index contributed by atoms with van der Waals surface area (Å²) < 4.78 is 0. The predicted octanol–water partition coefficient (Wildman–Crippen LogP) is 7.44. The van der Waals surface area contributed by atoms with Crippen LogP contribution in [0.3, 0.4) is 0 Å². The first-order valence-electron chi connectivity index (χ1n) is 9.15. The van der Waals surface area contributed by atoms with Crippen molar-refractivity contribution in [2.75, 3.05) is 0 Å². The molecule has 0 nitrogen and oxygen atoms in total. The van der Waals surface area contributed by atoms with Gasteiger partial charge in [-0.1, -0.05) is 66.7 Å². The van der Waals surface area contributed by atoms with Gasteiger partial charge in [0.2, 0.25) is 0 Å². The Balaban J connectivity index is 1.44. The molecule has 0 radical (unpaired) electrons. The Bertz CT molecular complexity index is 1020. The van der Waals surface area contributed by atoms with Gasteiger partial charge in [0.15, 0.2) is 0 Å². The molecular formula is C25H20S2. The number of thiol groups is 1. The molecule has 0 saturated carbocycles. The number of fused-ring (bicyclic) bond motifs is 3. The minimum absolute atomic E-state index is 0.447. The third-order valence-electron chi connectivity index (χ3n) is 4.92. The average Bonchev–Trinajstić information content (AvgIpc) is 3.08. The van der Waals surface area contributed by atoms with Crippen LogP contribution < -0.4 is 0 Å². The first kappa shape index (κ1) is 16.7. The SMILES string of the molecule is c1ccc(CSc2ccc([SH]3c4ccccc4-c4ccccc43)cc2)cc1. The fourth-order valence-corrected chi connectivity index (χ4v) is 7.09. The zero-order valence-electron chi connectivity index (χ0n) is 14.9. The topological polar surface area (TPSA) is 0 Å². The highest BCUT2D eigenvalue weighted by Crippen LogP contribution is 2.62. The molecule has 0 bridgehead atoms. The van der Waals surface area contributed by atoms with E-state index in [4.69, 9.17) is 0 Å². The molecule has 27 heavy (non-hydrogen) atoms. The molecule has 0 unspecified atom stereocenters. The van der Waals surface area contributed by atoms with Crippen molar-refractivity contribution in [3.05, 3.63) is 109 Å². The van der Waals surface area contributed by atoms with Gasteiger partial charge in [-0.3, -0.25) is 0 Å². The first-order valence-corrected chi connectivity index (χ1v) is 11.5. The van der Waals surface area contributed by atoms with Gasteiger partial charge in [0.1, 0.15) is 0 Å². The van der Waals surface area contributed by atoms with Crippen molar-refractivity contribution in [2.24, 2.45) is 0 Å². The molecule has 1 aliphatic rings. The van der Waals surface area contributed by atoms with Crippen LogP contribution in [-0.4, -0.2) is 0 Å². The molecule has 0 atom stereocenters. The van der Waals surface area contributed by atoms with Crippen molar-refractivity contribution < 1.29 is 0 Å². The molecule has 0 aliphatic carbocycles. The van der Waals surface area contributed by atoms with Gasteiger partial charge < -0.3 is 0 Å². The van der Waals surface area contributed by atoms with Crippen molar-refractivity contribution in [3.63, 3.8) is 0 Å². The Morgan fingerprint density at radius 3 is 1.74 bits per heavy atom. The zero-order chi connectivity index (χ0) is 18.1. The normalized spacial score (nSPS) is 13.3. The third kappa shape index (κ3) is 3.20. The molecule has 1 aliphatic heterocycles. The largest absolute Gasteiger partial charge is 0.172 e. The number of hydrogen-bond acceptors (Lipinski definition) is 1. The summed E-state index contributed by atoms with van der Waals surface area (Å²) in [5.41, 5.74) is 4.18. The molecule has 0 fully saturated rings. The van der Waals surface area contributed by atoms with E-state index in [0.29, 0.717) is 0 Å². The lowest BCUT2D eigenvalue weighted by atomic mass is 10.1. The van der Waals surface area contributed by atoms with Gasteiger partial charge in [-0.2, -0.15) is 10.9 Å². The molecule has 0 spiro atoms. The van der Waals surface area contributed by atoms with E-state index < -0.39 is 10.9 Å². The summed E-state index contributed by atoms with van der Waals surface area (Å²) in [5, 5.41) is 0. The van der Waals surface area contributed by atoms with E-state index in [-0.39, 0.29) is 0 Å². The summed E-state index contributed by atoms with van der Waals surface area (Å²) in [6, 6.07) is 37.7. The maximum atomic E-state index is 2.33. The molecule has 5 rings (SSSR count). The van der Waals surface area contributed by atoms with Gasteiger partial charge in [0.25, 0.3) is 0 Å². The third-order valence-corrected chi connectivity index (χ3v) is 8.56. The summed E-state index contributed by atoms with van der Waals surface area (Å²) in [5.74, 6) is 1.01. The highest BCUT2D eigenvalue weighted by molar-refractivity contribution is 8.17. The van der Waals surface area contributed by atoms with Crippen LogP contribution in [-0.2, 0) is 5.75 Å². The summed E-state index contributed by atoms with van der Waals surface area (Å²) >= 11 is 1.90. The maximum Gasteiger partial charge on any atom is 0.0231 e. The lowest BCUT2D eigenvalue weighted by Crippen LogP contribution is -1.84. The van der Waals surface area contributed by atoms with Gasteiger partial charge in [0.05, 0.1) is 0 Å². The zero-order valence-corrected chi connectivity index (χ0v) is 16.6. The second-order valence-corrected chi connectivity index (χ2v) is 9.84. The molecule has 0 amide bonds. The fraction of sp³-hybridized carbons (Fsp3) is 0.0400. The average molecular weight is 385 g/mol. The molecule has 132 valence electrons. The van der Waals surface area contributed by atoms with Crippen molar-refractivity contribution in [2.45, 2.75) is 25.3 Å². The number of hydrogen-bond donors (Lipinski definition) is 1. The second kappa shape index (κ2) is 7.30. The summed E-state index contributed by atoms with van der Waals surface area (Å²) in [6.07, 6.45) is 0. The maximum absolute atomic E-state index is 2.33. The van der Waals surface area contributed by atoms with Gasteiger partial charge in [-0.25, -0.2) is 0 Å². The number of rotatable bonds is 4. The summed E-state index contributed by atoms with van der Waals surface area (Å²) in [4.78, 5) is 5.74. The van der Waals surface area contributed by atoms with E-state index in [2.05, 4.69) is 103 Å². The molecule has 1 heterocycles. The summed E-state index contributed by atoms with van der Waals surface area (Å²) in [7, 11) is -0.447. The van der Waals surface area contributed by atoms with Crippen LogP contribution in [0.5, 0.6) is 0 Å². The Kier molecular flexibility index (Phi) is 4.52. The van der Waals surface area contributed by atoms with Crippen molar-refractivity contribution in [1.29, 1.82) is 0 Å². The standard InChI is InChI=1S/C25H20S2/c1-2-8-19(9-3-1)18-26-20-14-16-21(17-15-20)27-24-12-6-4-10-22(24)23-11-5-7-13-25(23)27/h1-17,27H,18H2. The van der Waals surface area contributed by atoms with Gasteiger partial charge in [-0.05, 0) is 58.0 Å². The van der Waals surface area contributed by atoms with Crippen LogP contribution in [0.25, 0.3) is 11.1 Å². The summed E-state index contributed by atoms with van der Waals surface area (Å²) in [6.45, 7) is 0. The van der Waals surface area contributed by atoms with Crippen molar-refractivity contribution in [3.8, 4) is 11.1 Å². The Morgan fingerprint density at radius 2 is 1.11 bits per heavy atom. The van der Waals surface area contributed by atoms with E-state index in [9.17, 15) is 0 Å². The van der Waals surface area contributed by atoms with Gasteiger partial charge in [-0.15, -0.1) is 11.8 Å². The first-order chi connectivity index (χ1) is 13.4. The second-order valence-electron chi connectivity index (χ2n) is 6.64. The number of benzene rings is 4. The van der Waals surface area contributed by atoms with E-state index in [1.54, 1.807) is 0 Å². The molecule has 0 aromatic heterocycles. The van der Waals surface area contributed by atoms with Crippen LogP contribution in [0.1, 0.15) is 5.56 Å². The fourth-order valence-electron chi connectivity index (χ4n) is 3.63. The van der Waals surface area contributed by atoms with E-state index >= 15 is 0 Å². The molecule has 4 aromatic carbocycles. The van der Waals surface area contributed by atoms with Crippen LogP contribution in [0, 0.1) is 0 Å². The number of thioether (sulfide) groups is 1. The van der Waals surface area contributed by atoms with E-state index in [1.807, 2.05) is 11.8 Å².